The number of carbonyl (C=O) groups is 1. The monoisotopic (exact) mass is 383 g/mol. The lowest BCUT2D eigenvalue weighted by Crippen LogP contribution is -2.37. The van der Waals surface area contributed by atoms with Crippen LogP contribution in [0.15, 0.2) is 29.6 Å². The third-order valence-electron chi connectivity index (χ3n) is 3.56. The molecule has 1 aromatic heterocycles. The molecule has 0 bridgehead atoms. The first kappa shape index (κ1) is 21.4. The summed E-state index contributed by atoms with van der Waals surface area (Å²) in [5, 5.41) is 5.35. The zero-order valence-electron chi connectivity index (χ0n) is 15.0. The van der Waals surface area contributed by atoms with Gasteiger partial charge < -0.3 is 15.8 Å². The highest BCUT2D eigenvalue weighted by Crippen LogP contribution is 2.24. The molecule has 5 nitrogen and oxygen atoms in total. The zero-order chi connectivity index (χ0) is 17.7. The number of hydrogen-bond acceptors (Lipinski definition) is 5. The van der Waals surface area contributed by atoms with Crippen LogP contribution in [0.3, 0.4) is 0 Å². The van der Waals surface area contributed by atoms with Crippen molar-refractivity contribution in [2.75, 3.05) is 6.61 Å². The van der Waals surface area contributed by atoms with Gasteiger partial charge in [-0.15, -0.1) is 23.7 Å². The summed E-state index contributed by atoms with van der Waals surface area (Å²) in [7, 11) is 0. The Kier molecular flexibility index (Phi) is 7.86. The highest BCUT2D eigenvalue weighted by atomic mass is 35.5. The van der Waals surface area contributed by atoms with Crippen LogP contribution in [0.4, 0.5) is 0 Å². The van der Waals surface area contributed by atoms with Crippen LogP contribution in [-0.4, -0.2) is 23.5 Å². The number of nitrogens with two attached hydrogens (primary N) is 1. The van der Waals surface area contributed by atoms with E-state index in [1.165, 1.54) is 16.9 Å². The zero-order valence-corrected chi connectivity index (χ0v) is 16.7. The molecule has 1 atom stereocenters. The van der Waals surface area contributed by atoms with Crippen molar-refractivity contribution in [3.8, 4) is 5.75 Å². The maximum absolute atomic E-state index is 12.1. The molecule has 3 N–H and O–H groups in total. The van der Waals surface area contributed by atoms with Crippen molar-refractivity contribution in [3.05, 3.63) is 45.9 Å². The number of benzene rings is 1. The second kappa shape index (κ2) is 9.17. The van der Waals surface area contributed by atoms with Crippen molar-refractivity contribution >= 4 is 29.7 Å². The Balaban J connectivity index is 0.00000312. The summed E-state index contributed by atoms with van der Waals surface area (Å²) >= 11 is 1.39. The summed E-state index contributed by atoms with van der Waals surface area (Å²) in [5.41, 5.74) is 7.30. The quantitative estimate of drug-likeness (QED) is 0.800. The normalized spacial score (nSPS) is 12.2. The van der Waals surface area contributed by atoms with Gasteiger partial charge in [0.15, 0.2) is 0 Å². The van der Waals surface area contributed by atoms with E-state index < -0.39 is 0 Å². The maximum atomic E-state index is 12.1. The second-order valence-electron chi connectivity index (χ2n) is 6.79. The molecule has 7 heteroatoms. The van der Waals surface area contributed by atoms with E-state index in [1.807, 2.05) is 19.1 Å². The molecule has 138 valence electrons. The van der Waals surface area contributed by atoms with Gasteiger partial charge in [0.05, 0.1) is 6.04 Å². The Bertz CT molecular complexity index is 680. The average molecular weight is 384 g/mol. The molecule has 1 aromatic carbocycles. The lowest BCUT2D eigenvalue weighted by molar-refractivity contribution is 0.0922. The predicted molar refractivity (Wildman–Crippen MR) is 105 cm³/mol. The minimum Gasteiger partial charge on any atom is -0.491 e. The molecule has 0 saturated heterocycles. The standard InChI is InChI=1S/C18H25N3O2S.ClH/c1-12(20-17(22)15-11-24-16(9-19)21-15)10-23-14-7-5-13(6-8-14)18(2,3)4;/h5-8,11-12H,9-10,19H2,1-4H3,(H,20,22);1H. The summed E-state index contributed by atoms with van der Waals surface area (Å²) < 4.78 is 5.75. The van der Waals surface area contributed by atoms with Gasteiger partial charge in [0.1, 0.15) is 23.1 Å². The van der Waals surface area contributed by atoms with Crippen LogP contribution >= 0.6 is 23.7 Å². The number of rotatable bonds is 6. The fourth-order valence-corrected chi connectivity index (χ4v) is 2.78. The Hall–Kier alpha value is -1.63. The van der Waals surface area contributed by atoms with Crippen molar-refractivity contribution in [3.63, 3.8) is 0 Å². The molecule has 2 aromatic rings. The van der Waals surface area contributed by atoms with E-state index in [0.29, 0.717) is 18.8 Å². The highest BCUT2D eigenvalue weighted by Gasteiger charge is 2.15. The molecule has 1 heterocycles. The molecule has 0 saturated carbocycles. The lowest BCUT2D eigenvalue weighted by Gasteiger charge is -2.19. The third kappa shape index (κ3) is 6.30. The van der Waals surface area contributed by atoms with E-state index in [1.54, 1.807) is 5.38 Å². The van der Waals surface area contributed by atoms with Crippen molar-refractivity contribution in [1.29, 1.82) is 0 Å². The second-order valence-corrected chi connectivity index (χ2v) is 7.73. The molecule has 0 aliphatic carbocycles. The molecule has 25 heavy (non-hydrogen) atoms. The first-order valence-corrected chi connectivity index (χ1v) is 8.86. The smallest absolute Gasteiger partial charge is 0.271 e. The van der Waals surface area contributed by atoms with Crippen LogP contribution in [0, 0.1) is 0 Å². The fraction of sp³-hybridized carbons (Fsp3) is 0.444. The van der Waals surface area contributed by atoms with E-state index in [0.717, 1.165) is 10.8 Å². The number of nitrogens with zero attached hydrogens (tertiary/aromatic N) is 1. The van der Waals surface area contributed by atoms with Gasteiger partial charge in [0, 0.05) is 11.9 Å². The average Bonchev–Trinajstić information content (AvgIpc) is 3.01. The van der Waals surface area contributed by atoms with Gasteiger partial charge in [-0.25, -0.2) is 4.98 Å². The largest absolute Gasteiger partial charge is 0.491 e. The van der Waals surface area contributed by atoms with Crippen molar-refractivity contribution in [2.24, 2.45) is 5.73 Å². The van der Waals surface area contributed by atoms with Gasteiger partial charge in [0.25, 0.3) is 5.91 Å². The number of carbonyl (C=O) groups excluding carboxylic acids is 1. The summed E-state index contributed by atoms with van der Waals surface area (Å²) in [6, 6.07) is 7.94. The molecule has 0 aliphatic heterocycles. The number of aromatic nitrogens is 1. The van der Waals surface area contributed by atoms with Gasteiger partial charge in [-0.3, -0.25) is 4.79 Å². The summed E-state index contributed by atoms with van der Waals surface area (Å²) in [4.78, 5) is 16.3. The van der Waals surface area contributed by atoms with Gasteiger partial charge in [0.2, 0.25) is 0 Å². The number of hydrogen-bond donors (Lipinski definition) is 2. The van der Waals surface area contributed by atoms with Crippen LogP contribution in [0.1, 0.15) is 48.8 Å². The molecular formula is C18H26ClN3O2S. The lowest BCUT2D eigenvalue weighted by atomic mass is 9.87. The Labute approximate surface area is 159 Å². The topological polar surface area (TPSA) is 77.2 Å². The molecule has 1 amide bonds. The van der Waals surface area contributed by atoms with Crippen LogP contribution in [0.2, 0.25) is 0 Å². The van der Waals surface area contributed by atoms with Gasteiger partial charge in [-0.2, -0.15) is 0 Å². The molecule has 0 fully saturated rings. The Morgan fingerprint density at radius 1 is 1.32 bits per heavy atom. The molecule has 0 spiro atoms. The third-order valence-corrected chi connectivity index (χ3v) is 4.43. The van der Waals surface area contributed by atoms with Crippen molar-refractivity contribution in [2.45, 2.75) is 45.7 Å². The van der Waals surface area contributed by atoms with E-state index in [-0.39, 0.29) is 29.8 Å². The Morgan fingerprint density at radius 2 is 1.96 bits per heavy atom. The maximum Gasteiger partial charge on any atom is 0.271 e. The van der Waals surface area contributed by atoms with Crippen molar-refractivity contribution < 1.29 is 9.53 Å². The Morgan fingerprint density at radius 3 is 2.48 bits per heavy atom. The fourth-order valence-electron chi connectivity index (χ4n) is 2.12. The van der Waals surface area contributed by atoms with Gasteiger partial charge in [-0.05, 0) is 30.0 Å². The molecule has 0 aliphatic rings. The first-order chi connectivity index (χ1) is 11.3. The number of ether oxygens (including phenoxy) is 1. The minimum absolute atomic E-state index is 0. The summed E-state index contributed by atoms with van der Waals surface area (Å²) in [5.74, 6) is 0.591. The number of amides is 1. The highest BCUT2D eigenvalue weighted by molar-refractivity contribution is 7.09. The van der Waals surface area contributed by atoms with Crippen LogP contribution in [0.5, 0.6) is 5.75 Å². The van der Waals surface area contributed by atoms with Crippen LogP contribution in [-0.2, 0) is 12.0 Å². The molecular weight excluding hydrogens is 358 g/mol. The van der Waals surface area contributed by atoms with E-state index in [2.05, 4.69) is 43.2 Å². The van der Waals surface area contributed by atoms with Crippen LogP contribution < -0.4 is 15.8 Å². The van der Waals surface area contributed by atoms with Crippen LogP contribution in [0.25, 0.3) is 0 Å². The minimum atomic E-state index is -0.204. The van der Waals surface area contributed by atoms with E-state index in [4.69, 9.17) is 10.5 Å². The van der Waals surface area contributed by atoms with E-state index >= 15 is 0 Å². The number of thiazole rings is 1. The molecule has 1 unspecified atom stereocenters. The van der Waals surface area contributed by atoms with Gasteiger partial charge >= 0.3 is 0 Å². The van der Waals surface area contributed by atoms with E-state index in [9.17, 15) is 4.79 Å². The summed E-state index contributed by atoms with van der Waals surface area (Å²) in [6.07, 6.45) is 0. The number of nitrogens with one attached hydrogen (secondary N) is 1. The number of halogens is 1. The van der Waals surface area contributed by atoms with Gasteiger partial charge in [-0.1, -0.05) is 32.9 Å². The predicted octanol–water partition coefficient (Wildman–Crippen LogP) is 3.52. The SMILES string of the molecule is CC(COc1ccc(C(C)(C)C)cc1)NC(=O)c1csc(CN)n1.Cl. The molecule has 2 rings (SSSR count). The van der Waals surface area contributed by atoms with Crippen molar-refractivity contribution in [1.82, 2.24) is 10.3 Å². The molecule has 0 radical (unpaired) electrons. The first-order valence-electron chi connectivity index (χ1n) is 7.98. The summed E-state index contributed by atoms with van der Waals surface area (Å²) in [6.45, 7) is 9.17.